The van der Waals surface area contributed by atoms with Crippen LogP contribution in [-0.4, -0.2) is 32.6 Å². The van der Waals surface area contributed by atoms with E-state index in [2.05, 4.69) is 5.10 Å². The van der Waals surface area contributed by atoms with Gasteiger partial charge in [-0.05, 0) is 38.5 Å². The van der Waals surface area contributed by atoms with E-state index in [1.165, 1.54) is 23.1 Å². The van der Waals surface area contributed by atoms with Crippen LogP contribution >= 0.6 is 0 Å². The Balaban J connectivity index is 1.95. The maximum Gasteiger partial charge on any atom is 0.284 e. The number of nitrogens with zero attached hydrogens (tertiary/aromatic N) is 4. The monoisotopic (exact) mass is 393 g/mol. The first kappa shape index (κ1) is 20.1. The number of nitrogen functional groups attached to an aromatic ring is 1. The van der Waals surface area contributed by atoms with Crippen molar-refractivity contribution in [2.45, 2.75) is 27.3 Å². The van der Waals surface area contributed by atoms with E-state index >= 15 is 0 Å². The molecule has 1 heterocycles. The number of rotatable bonds is 5. The van der Waals surface area contributed by atoms with Crippen LogP contribution in [0.3, 0.4) is 0 Å². The number of hydrogen-bond donors (Lipinski definition) is 1. The van der Waals surface area contributed by atoms with Gasteiger partial charge in [-0.15, -0.1) is 0 Å². The lowest BCUT2D eigenvalue weighted by Gasteiger charge is -2.18. The largest absolute Gasteiger partial charge is 0.398 e. The van der Waals surface area contributed by atoms with Crippen LogP contribution in [-0.2, 0) is 6.54 Å². The zero-order valence-corrected chi connectivity index (χ0v) is 16.8. The second-order valence-electron chi connectivity index (χ2n) is 7.01. The Hall–Kier alpha value is -3.68. The Labute approximate surface area is 168 Å². The lowest BCUT2D eigenvalue weighted by Crippen LogP contribution is -2.28. The average Bonchev–Trinajstić information content (AvgIpc) is 2.95. The molecule has 0 spiro atoms. The summed E-state index contributed by atoms with van der Waals surface area (Å²) < 4.78 is 1.86. The highest BCUT2D eigenvalue weighted by Crippen LogP contribution is 2.27. The summed E-state index contributed by atoms with van der Waals surface area (Å²) in [5.74, 6) is -0.503. The summed E-state index contributed by atoms with van der Waals surface area (Å²) in [6, 6.07) is 12.1. The summed E-state index contributed by atoms with van der Waals surface area (Å²) in [6.07, 6.45) is 0. The topological polar surface area (TPSA) is 107 Å². The van der Waals surface area contributed by atoms with Crippen LogP contribution < -0.4 is 5.73 Å². The maximum absolute atomic E-state index is 13.0. The summed E-state index contributed by atoms with van der Waals surface area (Å²) in [5.41, 5.74) is 10.2. The van der Waals surface area contributed by atoms with Crippen LogP contribution in [0.25, 0.3) is 5.69 Å². The highest BCUT2D eigenvalue weighted by Gasteiger charge is 2.27. The van der Waals surface area contributed by atoms with E-state index in [0.29, 0.717) is 0 Å². The first-order chi connectivity index (χ1) is 13.7. The number of carbonyl (C=O) groups excluding carboxylic acids is 1. The van der Waals surface area contributed by atoms with E-state index in [-0.39, 0.29) is 23.5 Å². The van der Waals surface area contributed by atoms with E-state index in [0.717, 1.165) is 28.2 Å². The third-order valence-electron chi connectivity index (χ3n) is 5.01. The fourth-order valence-corrected chi connectivity index (χ4v) is 3.38. The van der Waals surface area contributed by atoms with Gasteiger partial charge >= 0.3 is 0 Å². The zero-order valence-electron chi connectivity index (χ0n) is 16.8. The van der Waals surface area contributed by atoms with E-state index < -0.39 is 10.8 Å². The highest BCUT2D eigenvalue weighted by molar-refractivity contribution is 6.02. The number of amides is 1. The number of benzene rings is 2. The van der Waals surface area contributed by atoms with Crippen molar-refractivity contribution in [2.75, 3.05) is 12.8 Å². The van der Waals surface area contributed by atoms with Crippen molar-refractivity contribution in [1.29, 1.82) is 0 Å². The molecular weight excluding hydrogens is 370 g/mol. The molecular formula is C21H23N5O3. The van der Waals surface area contributed by atoms with Crippen molar-refractivity contribution < 1.29 is 9.72 Å². The molecule has 8 nitrogen and oxygen atoms in total. The predicted molar refractivity (Wildman–Crippen MR) is 111 cm³/mol. The molecule has 0 bridgehead atoms. The molecule has 0 atom stereocenters. The molecule has 3 aromatic rings. The number of para-hydroxylation sites is 1. The summed E-state index contributed by atoms with van der Waals surface area (Å²) in [5, 5.41) is 16.0. The molecule has 1 amide bonds. The number of aryl methyl sites for hydroxylation is 2. The predicted octanol–water partition coefficient (Wildman–Crippen LogP) is 3.56. The summed E-state index contributed by atoms with van der Waals surface area (Å²) in [6.45, 7) is 6.10. The quantitative estimate of drug-likeness (QED) is 0.405. The highest BCUT2D eigenvalue weighted by atomic mass is 16.6. The van der Waals surface area contributed by atoms with Crippen molar-refractivity contribution in [3.8, 4) is 5.69 Å². The third kappa shape index (κ3) is 3.69. The number of aromatic nitrogens is 2. The number of carbonyl (C=O) groups is 1. The molecule has 8 heteroatoms. The minimum atomic E-state index is -0.593. The number of hydrogen-bond acceptors (Lipinski definition) is 5. The summed E-state index contributed by atoms with van der Waals surface area (Å²) in [7, 11) is 1.60. The first-order valence-electron chi connectivity index (χ1n) is 9.11. The van der Waals surface area contributed by atoms with Crippen LogP contribution in [0.1, 0.15) is 32.9 Å². The second-order valence-corrected chi connectivity index (χ2v) is 7.01. The van der Waals surface area contributed by atoms with Crippen molar-refractivity contribution in [1.82, 2.24) is 14.7 Å². The lowest BCUT2D eigenvalue weighted by molar-refractivity contribution is -0.385. The van der Waals surface area contributed by atoms with Gasteiger partial charge in [0.1, 0.15) is 5.56 Å². The molecule has 2 aromatic carbocycles. The van der Waals surface area contributed by atoms with Gasteiger partial charge < -0.3 is 10.6 Å². The van der Waals surface area contributed by atoms with Crippen molar-refractivity contribution in [2.24, 2.45) is 0 Å². The summed E-state index contributed by atoms with van der Waals surface area (Å²) in [4.78, 5) is 25.1. The molecule has 0 aliphatic carbocycles. The number of nitro groups is 1. The Morgan fingerprint density at radius 3 is 2.52 bits per heavy atom. The van der Waals surface area contributed by atoms with Gasteiger partial charge in [-0.25, -0.2) is 4.68 Å². The lowest BCUT2D eigenvalue weighted by atomic mass is 10.1. The minimum Gasteiger partial charge on any atom is -0.398 e. The second kappa shape index (κ2) is 7.75. The first-order valence-corrected chi connectivity index (χ1v) is 9.11. The Kier molecular flexibility index (Phi) is 5.36. The molecule has 3 rings (SSSR count). The molecule has 0 saturated heterocycles. The van der Waals surface area contributed by atoms with Gasteiger partial charge in [-0.1, -0.05) is 24.3 Å². The van der Waals surface area contributed by atoms with Crippen molar-refractivity contribution in [3.05, 3.63) is 80.7 Å². The average molecular weight is 393 g/mol. The van der Waals surface area contributed by atoms with Crippen LogP contribution in [0.5, 0.6) is 0 Å². The fourth-order valence-electron chi connectivity index (χ4n) is 3.38. The van der Waals surface area contributed by atoms with E-state index in [4.69, 9.17) is 5.73 Å². The standard InChI is InChI=1S/C21H23N5O3/c1-13-8-5-6-10-18(13)25-15(3)16(14(2)23-25)12-24(4)21(27)20-17(22)9-7-11-19(20)26(28)29/h5-11H,12,22H2,1-4H3. The third-order valence-corrected chi connectivity index (χ3v) is 5.01. The smallest absolute Gasteiger partial charge is 0.284 e. The molecule has 0 saturated carbocycles. The number of nitrogens with two attached hydrogens (primary N) is 1. The summed E-state index contributed by atoms with van der Waals surface area (Å²) >= 11 is 0. The van der Waals surface area contributed by atoms with E-state index in [9.17, 15) is 14.9 Å². The van der Waals surface area contributed by atoms with E-state index in [1.54, 1.807) is 7.05 Å². The van der Waals surface area contributed by atoms with Gasteiger partial charge in [0.05, 0.1) is 22.0 Å². The van der Waals surface area contributed by atoms with Gasteiger partial charge in [0.25, 0.3) is 11.6 Å². The molecule has 0 unspecified atom stereocenters. The molecule has 150 valence electrons. The molecule has 0 fully saturated rings. The Morgan fingerprint density at radius 1 is 1.17 bits per heavy atom. The fraction of sp³-hybridized carbons (Fsp3) is 0.238. The molecule has 0 radical (unpaired) electrons. The van der Waals surface area contributed by atoms with Crippen molar-refractivity contribution in [3.63, 3.8) is 0 Å². The molecule has 0 aliphatic heterocycles. The minimum absolute atomic E-state index is 0.0834. The molecule has 29 heavy (non-hydrogen) atoms. The van der Waals surface area contributed by atoms with Gasteiger partial charge in [-0.3, -0.25) is 14.9 Å². The van der Waals surface area contributed by atoms with Gasteiger partial charge in [-0.2, -0.15) is 5.10 Å². The Morgan fingerprint density at radius 2 is 1.86 bits per heavy atom. The molecule has 0 aliphatic rings. The zero-order chi connectivity index (χ0) is 21.3. The normalized spacial score (nSPS) is 10.8. The van der Waals surface area contributed by atoms with E-state index in [1.807, 2.05) is 49.7 Å². The van der Waals surface area contributed by atoms with Crippen LogP contribution in [0.2, 0.25) is 0 Å². The number of anilines is 1. The van der Waals surface area contributed by atoms with Crippen LogP contribution in [0.4, 0.5) is 11.4 Å². The van der Waals surface area contributed by atoms with Gasteiger partial charge in [0.2, 0.25) is 0 Å². The van der Waals surface area contributed by atoms with Crippen LogP contribution in [0, 0.1) is 30.9 Å². The maximum atomic E-state index is 13.0. The van der Waals surface area contributed by atoms with Crippen LogP contribution in [0.15, 0.2) is 42.5 Å². The molecule has 2 N–H and O–H groups in total. The number of nitro benzene ring substituents is 1. The Bertz CT molecular complexity index is 1100. The SMILES string of the molecule is Cc1ccccc1-n1nc(C)c(CN(C)C(=O)c2c(N)cccc2[N+](=O)[O-])c1C. The van der Waals surface area contributed by atoms with Gasteiger partial charge in [0, 0.05) is 30.9 Å². The molecule has 1 aromatic heterocycles. The van der Waals surface area contributed by atoms with Gasteiger partial charge in [0.15, 0.2) is 0 Å². The van der Waals surface area contributed by atoms with Crippen molar-refractivity contribution >= 4 is 17.3 Å².